The third kappa shape index (κ3) is 9.51. The van der Waals surface area contributed by atoms with E-state index in [2.05, 4.69) is 10.1 Å². The number of sulfonamides is 1. The largest absolute Gasteiger partial charge is 0.506 e. The molecule has 0 saturated carbocycles. The second-order valence-corrected chi connectivity index (χ2v) is 8.30. The number of benzene rings is 1. The van der Waals surface area contributed by atoms with Crippen LogP contribution in [0.1, 0.15) is 33.6 Å². The van der Waals surface area contributed by atoms with Gasteiger partial charge in [0, 0.05) is 18.1 Å². The lowest BCUT2D eigenvalue weighted by Crippen LogP contribution is -2.23. The second kappa shape index (κ2) is 13.1. The molecule has 2 aromatic rings. The lowest BCUT2D eigenvalue weighted by molar-refractivity contribution is 0.0345. The first-order valence-corrected chi connectivity index (χ1v) is 11.7. The summed E-state index contributed by atoms with van der Waals surface area (Å²) in [5.41, 5.74) is 1.25. The molecule has 2 heterocycles. The maximum Gasteiger partial charge on any atom is 0.208 e. The van der Waals surface area contributed by atoms with Crippen molar-refractivity contribution in [1.82, 2.24) is 4.98 Å². The number of ether oxygens (including phenoxy) is 2. The number of halogens is 1. The zero-order valence-corrected chi connectivity index (χ0v) is 18.5. The summed E-state index contributed by atoms with van der Waals surface area (Å²) in [5, 5.41) is 13.7. The maximum atomic E-state index is 14.1. The number of pyridine rings is 1. The highest BCUT2D eigenvalue weighted by atomic mass is 32.2. The van der Waals surface area contributed by atoms with Crippen molar-refractivity contribution < 1.29 is 27.4 Å². The Balaban J connectivity index is 0.000000487. The number of nitrogens with zero attached hydrogens (tertiary/aromatic N) is 1. The number of rotatable bonds is 5. The van der Waals surface area contributed by atoms with E-state index in [0.717, 1.165) is 19.4 Å². The molecule has 9 heteroatoms. The van der Waals surface area contributed by atoms with Gasteiger partial charge in [0.1, 0.15) is 5.75 Å². The third-order valence-corrected chi connectivity index (χ3v) is 4.91. The van der Waals surface area contributed by atoms with Gasteiger partial charge in [-0.2, -0.15) is 0 Å². The van der Waals surface area contributed by atoms with Crippen molar-refractivity contribution in [2.75, 3.05) is 25.6 Å². The molecule has 1 fully saturated rings. The van der Waals surface area contributed by atoms with E-state index < -0.39 is 15.8 Å². The summed E-state index contributed by atoms with van der Waals surface area (Å²) in [7, 11) is -3.16. The van der Waals surface area contributed by atoms with Gasteiger partial charge >= 0.3 is 0 Å². The van der Waals surface area contributed by atoms with Crippen LogP contribution in [0.2, 0.25) is 0 Å². The number of aromatic nitrogens is 1. The minimum atomic E-state index is -3.16. The minimum absolute atomic E-state index is 0.0208. The third-order valence-electron chi connectivity index (χ3n) is 4.11. The zero-order valence-electron chi connectivity index (χ0n) is 17.7. The molecule has 7 nitrogen and oxygen atoms in total. The summed E-state index contributed by atoms with van der Waals surface area (Å²) in [6.45, 7) is 7.44. The molecule has 1 saturated heterocycles. The standard InChI is InChI=1S/C17H18FNO3.C2H7NO2S.C2H6/c18-15-8-13(16-5-4-14(20)9-19-16)3-6-17(15)22-11-12-2-1-7-21-10-12;1-2-6(3,4)5;1-2/h3-6,8-9,12,20H,1-2,7,10-11H2;2H2,1H3,(H2,3,4,5);1-2H3. The summed E-state index contributed by atoms with van der Waals surface area (Å²) in [5.74, 6) is 0.259. The van der Waals surface area contributed by atoms with Gasteiger partial charge < -0.3 is 14.6 Å². The summed E-state index contributed by atoms with van der Waals surface area (Å²) >= 11 is 0. The number of nitrogens with two attached hydrogens (primary N) is 1. The van der Waals surface area contributed by atoms with Gasteiger partial charge in [0.05, 0.1) is 30.9 Å². The highest BCUT2D eigenvalue weighted by molar-refractivity contribution is 7.89. The van der Waals surface area contributed by atoms with E-state index >= 15 is 0 Å². The van der Waals surface area contributed by atoms with E-state index in [4.69, 9.17) is 9.47 Å². The molecule has 0 aliphatic carbocycles. The number of hydrogen-bond donors (Lipinski definition) is 2. The molecule has 1 aromatic carbocycles. The maximum absolute atomic E-state index is 14.1. The van der Waals surface area contributed by atoms with Gasteiger partial charge in [-0.15, -0.1) is 0 Å². The molecule has 0 bridgehead atoms. The molecule has 3 rings (SSSR count). The van der Waals surface area contributed by atoms with E-state index in [9.17, 15) is 17.9 Å². The number of aromatic hydroxyl groups is 1. The van der Waals surface area contributed by atoms with Crippen molar-refractivity contribution in [3.63, 3.8) is 0 Å². The molecule has 168 valence electrons. The van der Waals surface area contributed by atoms with Crippen molar-refractivity contribution in [3.8, 4) is 22.8 Å². The Hall–Kier alpha value is -2.23. The van der Waals surface area contributed by atoms with Gasteiger partial charge in [0.15, 0.2) is 11.6 Å². The Bertz CT molecular complexity index is 854. The quantitative estimate of drug-likeness (QED) is 0.730. The first-order chi connectivity index (χ1) is 14.3. The predicted molar refractivity (Wildman–Crippen MR) is 115 cm³/mol. The smallest absolute Gasteiger partial charge is 0.208 e. The Labute approximate surface area is 178 Å². The van der Waals surface area contributed by atoms with E-state index in [-0.39, 0.29) is 17.3 Å². The van der Waals surface area contributed by atoms with Gasteiger partial charge in [-0.05, 0) is 50.1 Å². The van der Waals surface area contributed by atoms with Crippen molar-refractivity contribution in [2.24, 2.45) is 11.1 Å². The van der Waals surface area contributed by atoms with Crippen LogP contribution >= 0.6 is 0 Å². The average Bonchev–Trinajstić information content (AvgIpc) is 2.75. The molecular weight excluding hydrogens is 411 g/mol. The fraction of sp³-hybridized carbons (Fsp3) is 0.476. The van der Waals surface area contributed by atoms with E-state index in [1.165, 1.54) is 25.3 Å². The van der Waals surface area contributed by atoms with Crippen molar-refractivity contribution >= 4 is 10.0 Å². The average molecular weight is 443 g/mol. The summed E-state index contributed by atoms with van der Waals surface area (Å²) < 4.78 is 44.6. The highest BCUT2D eigenvalue weighted by Gasteiger charge is 2.16. The molecule has 0 spiro atoms. The first kappa shape index (κ1) is 25.8. The van der Waals surface area contributed by atoms with E-state index in [1.54, 1.807) is 18.2 Å². The predicted octanol–water partition coefficient (Wildman–Crippen LogP) is 3.72. The molecule has 1 aromatic heterocycles. The summed E-state index contributed by atoms with van der Waals surface area (Å²) in [4.78, 5) is 4.06. The SMILES string of the molecule is CC.CCS(N)(=O)=O.Oc1ccc(-c2ccc(OCC3CCCOC3)c(F)c2)nc1. The van der Waals surface area contributed by atoms with Crippen molar-refractivity contribution in [3.05, 3.63) is 42.3 Å². The molecule has 1 unspecified atom stereocenters. The van der Waals surface area contributed by atoms with Gasteiger partial charge in [-0.1, -0.05) is 13.8 Å². The Kier molecular flexibility index (Phi) is 11.3. The fourth-order valence-electron chi connectivity index (χ4n) is 2.48. The minimum Gasteiger partial charge on any atom is -0.506 e. The molecule has 0 amide bonds. The van der Waals surface area contributed by atoms with Crippen LogP contribution < -0.4 is 9.88 Å². The van der Waals surface area contributed by atoms with Crippen LogP contribution in [-0.2, 0) is 14.8 Å². The van der Waals surface area contributed by atoms with Gasteiger partial charge in [-0.3, -0.25) is 4.98 Å². The topological polar surface area (TPSA) is 112 Å². The van der Waals surface area contributed by atoms with Gasteiger partial charge in [0.25, 0.3) is 0 Å². The molecule has 0 radical (unpaired) electrons. The zero-order chi connectivity index (χ0) is 22.6. The van der Waals surface area contributed by atoms with Gasteiger partial charge in [-0.25, -0.2) is 17.9 Å². The van der Waals surface area contributed by atoms with Crippen LogP contribution in [0.5, 0.6) is 11.5 Å². The Morgan fingerprint density at radius 1 is 1.30 bits per heavy atom. The molecule has 1 aliphatic heterocycles. The Morgan fingerprint density at radius 2 is 2.00 bits per heavy atom. The molecule has 1 atom stereocenters. The van der Waals surface area contributed by atoms with Crippen molar-refractivity contribution in [2.45, 2.75) is 33.6 Å². The Morgan fingerprint density at radius 3 is 2.50 bits per heavy atom. The molecule has 30 heavy (non-hydrogen) atoms. The lowest BCUT2D eigenvalue weighted by atomic mass is 10.0. The van der Waals surface area contributed by atoms with Crippen LogP contribution in [0.4, 0.5) is 4.39 Å². The monoisotopic (exact) mass is 442 g/mol. The van der Waals surface area contributed by atoms with E-state index in [0.29, 0.717) is 30.4 Å². The molecule has 3 N–H and O–H groups in total. The number of primary sulfonamides is 1. The molecule has 1 aliphatic rings. The van der Waals surface area contributed by atoms with Gasteiger partial charge in [0.2, 0.25) is 10.0 Å². The van der Waals surface area contributed by atoms with Crippen LogP contribution in [0.15, 0.2) is 36.5 Å². The van der Waals surface area contributed by atoms with Crippen molar-refractivity contribution in [1.29, 1.82) is 0 Å². The number of hydrogen-bond acceptors (Lipinski definition) is 6. The van der Waals surface area contributed by atoms with Crippen LogP contribution in [-0.4, -0.2) is 44.1 Å². The summed E-state index contributed by atoms with van der Waals surface area (Å²) in [6.07, 6.45) is 3.42. The van der Waals surface area contributed by atoms with Crippen LogP contribution in [0.25, 0.3) is 11.3 Å². The highest BCUT2D eigenvalue weighted by Crippen LogP contribution is 2.26. The summed E-state index contributed by atoms with van der Waals surface area (Å²) in [6, 6.07) is 7.93. The first-order valence-electron chi connectivity index (χ1n) is 9.94. The van der Waals surface area contributed by atoms with Crippen LogP contribution in [0.3, 0.4) is 0 Å². The normalized spacial score (nSPS) is 15.8. The lowest BCUT2D eigenvalue weighted by Gasteiger charge is -2.22. The van der Waals surface area contributed by atoms with E-state index in [1.807, 2.05) is 13.8 Å². The van der Waals surface area contributed by atoms with Crippen LogP contribution in [0, 0.1) is 11.7 Å². The molecular formula is C21H31FN2O5S. The fourth-order valence-corrected chi connectivity index (χ4v) is 2.48. The second-order valence-electron chi connectivity index (χ2n) is 6.39.